The molecule has 1 N–H and O–H groups in total. The summed E-state index contributed by atoms with van der Waals surface area (Å²) >= 11 is 6.06. The maximum Gasteiger partial charge on any atom is 0.259 e. The van der Waals surface area contributed by atoms with Crippen LogP contribution in [0.2, 0.25) is 5.02 Å². The lowest BCUT2D eigenvalue weighted by atomic mass is 9.86. The van der Waals surface area contributed by atoms with Crippen LogP contribution in [-0.4, -0.2) is 22.1 Å². The highest BCUT2D eigenvalue weighted by molar-refractivity contribution is 7.85. The van der Waals surface area contributed by atoms with Crippen LogP contribution in [0.5, 0.6) is 0 Å². The molecule has 0 aromatic heterocycles. The minimum absolute atomic E-state index is 0.139. The van der Waals surface area contributed by atoms with Crippen LogP contribution in [0.25, 0.3) is 0 Å². The van der Waals surface area contributed by atoms with Gasteiger partial charge >= 0.3 is 0 Å². The summed E-state index contributed by atoms with van der Waals surface area (Å²) in [5.74, 6) is 0.0117. The molecule has 3 atom stereocenters. The number of nitrogens with one attached hydrogen (secondary N) is 1. The first-order chi connectivity index (χ1) is 16.9. The van der Waals surface area contributed by atoms with Crippen LogP contribution < -0.4 is 10.2 Å². The van der Waals surface area contributed by atoms with Gasteiger partial charge in [0.1, 0.15) is 0 Å². The van der Waals surface area contributed by atoms with Crippen molar-refractivity contribution in [2.24, 2.45) is 5.92 Å². The first-order valence-corrected chi connectivity index (χ1v) is 13.5. The van der Waals surface area contributed by atoms with E-state index in [0.29, 0.717) is 37.5 Å². The Balaban J connectivity index is 1.55. The van der Waals surface area contributed by atoms with Crippen LogP contribution in [0, 0.1) is 5.92 Å². The van der Waals surface area contributed by atoms with Gasteiger partial charge in [0.05, 0.1) is 38.4 Å². The van der Waals surface area contributed by atoms with Crippen LogP contribution in [0.15, 0.2) is 76.5 Å². The van der Waals surface area contributed by atoms with Gasteiger partial charge in [-0.05, 0) is 66.8 Å². The summed E-state index contributed by atoms with van der Waals surface area (Å²) < 4.78 is 13.6. The molecule has 0 saturated heterocycles. The predicted molar refractivity (Wildman–Crippen MR) is 138 cm³/mol. The molecule has 0 unspecified atom stereocenters. The number of halogens is 1. The van der Waals surface area contributed by atoms with Gasteiger partial charge in [-0.1, -0.05) is 55.6 Å². The lowest BCUT2D eigenvalue weighted by Crippen LogP contribution is -2.41. The quantitative estimate of drug-likeness (QED) is 0.473. The molecule has 5 nitrogen and oxygen atoms in total. The molecule has 0 radical (unpaired) electrons. The molecule has 2 amide bonds. The molecule has 2 aliphatic rings. The zero-order valence-electron chi connectivity index (χ0n) is 19.5. The Morgan fingerprint density at radius 1 is 1.03 bits per heavy atom. The molecule has 1 heterocycles. The number of amides is 2. The van der Waals surface area contributed by atoms with Crippen LogP contribution in [0.4, 0.5) is 5.69 Å². The van der Waals surface area contributed by atoms with E-state index >= 15 is 0 Å². The van der Waals surface area contributed by atoms with E-state index in [-0.39, 0.29) is 24.4 Å². The minimum atomic E-state index is -1.56. The molecule has 5 rings (SSSR count). The maximum atomic E-state index is 13.7. The number of anilines is 1. The number of rotatable bonds is 4. The number of benzene rings is 3. The third-order valence-electron chi connectivity index (χ3n) is 6.96. The van der Waals surface area contributed by atoms with E-state index in [1.165, 1.54) is 6.42 Å². The molecule has 180 valence electrons. The van der Waals surface area contributed by atoms with E-state index in [9.17, 15) is 13.8 Å². The van der Waals surface area contributed by atoms with Gasteiger partial charge in [0.2, 0.25) is 0 Å². The van der Waals surface area contributed by atoms with Gasteiger partial charge in [-0.15, -0.1) is 0 Å². The number of fused-ring (bicyclic) bond motifs is 2. The third-order valence-corrected chi connectivity index (χ3v) is 8.71. The van der Waals surface area contributed by atoms with Crippen LogP contribution >= 0.6 is 11.6 Å². The Kier molecular flexibility index (Phi) is 6.76. The Labute approximate surface area is 212 Å². The van der Waals surface area contributed by atoms with Crippen molar-refractivity contribution >= 4 is 39.9 Å². The highest BCUT2D eigenvalue weighted by Gasteiger charge is 2.32. The van der Waals surface area contributed by atoms with E-state index < -0.39 is 10.8 Å². The average Bonchev–Trinajstić information content (AvgIpc) is 2.96. The van der Waals surface area contributed by atoms with Crippen molar-refractivity contribution in [1.82, 2.24) is 5.32 Å². The second kappa shape index (κ2) is 9.96. The number of hydrogen-bond donors (Lipinski definition) is 1. The van der Waals surface area contributed by atoms with Gasteiger partial charge in [-0.25, -0.2) is 4.21 Å². The average molecular weight is 507 g/mol. The molecule has 1 aliphatic heterocycles. The topological polar surface area (TPSA) is 66.5 Å². The second-order valence-corrected chi connectivity index (χ2v) is 11.2. The zero-order chi connectivity index (χ0) is 24.5. The van der Waals surface area contributed by atoms with Crippen molar-refractivity contribution in [1.29, 1.82) is 0 Å². The number of nitrogens with zero attached hydrogens (tertiary/aromatic N) is 1. The van der Waals surface area contributed by atoms with E-state index in [4.69, 9.17) is 11.6 Å². The molecule has 1 fully saturated rings. The lowest BCUT2D eigenvalue weighted by Gasteiger charge is -2.29. The first kappa shape index (κ1) is 23.8. The molecular formula is C28H27ClN2O3S. The summed E-state index contributed by atoms with van der Waals surface area (Å²) in [7, 11) is -1.56. The molecule has 0 bridgehead atoms. The van der Waals surface area contributed by atoms with Crippen molar-refractivity contribution in [3.63, 3.8) is 0 Å². The summed E-state index contributed by atoms with van der Waals surface area (Å²) in [6.45, 7) is 2.44. The van der Waals surface area contributed by atoms with Crippen molar-refractivity contribution < 1.29 is 13.8 Å². The Morgan fingerprint density at radius 3 is 2.54 bits per heavy atom. The summed E-state index contributed by atoms with van der Waals surface area (Å²) in [4.78, 5) is 29.5. The second-order valence-electron chi connectivity index (χ2n) is 9.31. The Morgan fingerprint density at radius 2 is 1.77 bits per heavy atom. The summed E-state index contributed by atoms with van der Waals surface area (Å²) in [6.07, 6.45) is 4.38. The molecule has 3 aromatic carbocycles. The third kappa shape index (κ3) is 4.78. The van der Waals surface area contributed by atoms with Crippen LogP contribution in [0.3, 0.4) is 0 Å². The van der Waals surface area contributed by atoms with Gasteiger partial charge in [-0.3, -0.25) is 9.59 Å². The smallest absolute Gasteiger partial charge is 0.259 e. The molecule has 0 spiro atoms. The summed E-state index contributed by atoms with van der Waals surface area (Å²) in [5, 5.41) is 3.79. The van der Waals surface area contributed by atoms with E-state index in [2.05, 4.69) is 12.2 Å². The lowest BCUT2D eigenvalue weighted by molar-refractivity contribution is 0.0908. The fraction of sp³-hybridized carbons (Fsp3) is 0.286. The standard InChI is InChI=1S/C28H27ClN2O3S/c1-18-6-2-4-8-23(18)30-27(32)20-12-15-26-24(16-20)31(17-19-10-13-21(29)14-11-19)28(33)22-7-3-5-9-25(22)35(26)34/h3,5,7,9-16,18,23H,2,4,6,8,17H2,1H3,(H,30,32)/t18-,23+,35+/m1/s1. The molecule has 1 aliphatic carbocycles. The summed E-state index contributed by atoms with van der Waals surface area (Å²) in [6, 6.07) is 19.5. The molecule has 35 heavy (non-hydrogen) atoms. The van der Waals surface area contributed by atoms with Crippen LogP contribution in [0.1, 0.15) is 58.9 Å². The Bertz CT molecular complexity index is 1310. The fourth-order valence-corrected chi connectivity index (χ4v) is 6.39. The normalized spacial score (nSPS) is 21.6. The van der Waals surface area contributed by atoms with E-state index in [1.807, 2.05) is 12.1 Å². The monoisotopic (exact) mass is 506 g/mol. The highest BCUT2D eigenvalue weighted by Crippen LogP contribution is 2.36. The molecule has 1 saturated carbocycles. The zero-order valence-corrected chi connectivity index (χ0v) is 21.1. The first-order valence-electron chi connectivity index (χ1n) is 11.9. The molecule has 7 heteroatoms. The van der Waals surface area contributed by atoms with Crippen molar-refractivity contribution in [2.75, 3.05) is 4.90 Å². The Hall–Kier alpha value is -2.96. The SMILES string of the molecule is C[C@@H]1CCCC[C@@H]1NC(=O)c1ccc2c(c1)N(Cc1ccc(Cl)cc1)C(=O)c1ccccc1[S@@]2=O. The largest absolute Gasteiger partial charge is 0.349 e. The van der Waals surface area contributed by atoms with Gasteiger partial charge < -0.3 is 10.2 Å². The predicted octanol–water partition coefficient (Wildman–Crippen LogP) is 5.98. The highest BCUT2D eigenvalue weighted by atomic mass is 35.5. The van der Waals surface area contributed by atoms with Crippen molar-refractivity contribution in [3.05, 3.63) is 88.4 Å². The maximum absolute atomic E-state index is 13.7. The van der Waals surface area contributed by atoms with Gasteiger partial charge in [0.25, 0.3) is 11.8 Å². The summed E-state index contributed by atoms with van der Waals surface area (Å²) in [5.41, 5.74) is 2.23. The molecule has 3 aromatic rings. The van der Waals surface area contributed by atoms with Crippen molar-refractivity contribution in [2.45, 2.75) is 55.0 Å². The van der Waals surface area contributed by atoms with E-state index in [0.717, 1.165) is 24.8 Å². The molecular weight excluding hydrogens is 480 g/mol. The van der Waals surface area contributed by atoms with Crippen molar-refractivity contribution in [3.8, 4) is 0 Å². The van der Waals surface area contributed by atoms with Gasteiger partial charge in [0.15, 0.2) is 0 Å². The number of carbonyl (C=O) groups is 2. The fourth-order valence-electron chi connectivity index (χ4n) is 4.92. The van der Waals surface area contributed by atoms with Gasteiger partial charge in [-0.2, -0.15) is 0 Å². The van der Waals surface area contributed by atoms with Crippen LogP contribution in [-0.2, 0) is 17.3 Å². The minimum Gasteiger partial charge on any atom is -0.349 e. The van der Waals surface area contributed by atoms with Gasteiger partial charge in [0, 0.05) is 16.6 Å². The number of hydrogen-bond acceptors (Lipinski definition) is 3. The number of carbonyl (C=O) groups excluding carboxylic acids is 2. The van der Waals surface area contributed by atoms with E-state index in [1.54, 1.807) is 59.5 Å².